The molecule has 0 aromatic heterocycles. The number of hydrogen-bond donors (Lipinski definition) is 3. The third kappa shape index (κ3) is 11.3. The van der Waals surface area contributed by atoms with Gasteiger partial charge in [-0.15, -0.1) is 0 Å². The zero-order valence-corrected chi connectivity index (χ0v) is 11.0. The molecule has 0 radical (unpaired) electrons. The Balaban J connectivity index is 3.58. The van der Waals surface area contributed by atoms with E-state index in [1.54, 1.807) is 0 Å². The Labute approximate surface area is 111 Å². The van der Waals surface area contributed by atoms with Crippen molar-refractivity contribution in [3.8, 4) is 0 Å². The summed E-state index contributed by atoms with van der Waals surface area (Å²) in [7, 11) is 0. The van der Waals surface area contributed by atoms with Gasteiger partial charge in [0.25, 0.3) is 0 Å². The van der Waals surface area contributed by atoms with Gasteiger partial charge < -0.3 is 20.4 Å². The van der Waals surface area contributed by atoms with Gasteiger partial charge in [-0.05, 0) is 19.3 Å². The molecule has 4 N–H and O–H groups in total. The molecule has 0 rings (SSSR count). The highest BCUT2D eigenvalue weighted by Crippen LogP contribution is 1.99. The molecular formula is C11H21N3O5. The van der Waals surface area contributed by atoms with Crippen LogP contribution in [0.25, 0.3) is 0 Å². The number of nitrogens with zero attached hydrogens (tertiary/aromatic N) is 1. The van der Waals surface area contributed by atoms with Gasteiger partial charge in [0.05, 0.1) is 0 Å². The fraction of sp³-hybridized carbons (Fsp3) is 0.727. The van der Waals surface area contributed by atoms with Gasteiger partial charge in [-0.25, -0.2) is 5.48 Å². The lowest BCUT2D eigenvalue weighted by Gasteiger charge is -2.09. The predicted octanol–water partition coefficient (Wildman–Crippen LogP) is -0.403. The van der Waals surface area contributed by atoms with Crippen molar-refractivity contribution in [1.29, 1.82) is 0 Å². The summed E-state index contributed by atoms with van der Waals surface area (Å²) < 4.78 is 9.39. The fourth-order valence-corrected chi connectivity index (χ4v) is 1.15. The first kappa shape index (κ1) is 17.5. The van der Waals surface area contributed by atoms with Gasteiger partial charge in [0, 0.05) is 19.7 Å². The molecule has 0 heterocycles. The number of hydrogen-bond acceptors (Lipinski definition) is 8. The molecule has 0 unspecified atom stereocenters. The molecule has 0 aromatic carbocycles. The second kappa shape index (κ2) is 11.6. The van der Waals surface area contributed by atoms with Crippen LogP contribution in [0.3, 0.4) is 0 Å². The van der Waals surface area contributed by atoms with Crippen LogP contribution in [0.1, 0.15) is 26.2 Å². The van der Waals surface area contributed by atoms with E-state index in [0.29, 0.717) is 19.4 Å². The topological polar surface area (TPSA) is 123 Å². The molecule has 0 saturated carbocycles. The standard InChI is InChI=1S/C11H21N3O5/c1-9(15)19-8-13-6-7-18-11(16)10(12)4-2-3-5-14-17/h6,10,14,17H,2-5,7-8,12H2,1H3/t10-/m0/s1. The van der Waals surface area contributed by atoms with Crippen LogP contribution in [0.15, 0.2) is 4.99 Å². The summed E-state index contributed by atoms with van der Waals surface area (Å²) in [5.41, 5.74) is 7.63. The number of hydroxylamine groups is 1. The third-order valence-electron chi connectivity index (χ3n) is 2.13. The van der Waals surface area contributed by atoms with Crippen molar-refractivity contribution in [2.75, 3.05) is 19.9 Å². The Hall–Kier alpha value is -1.51. The molecule has 8 heteroatoms. The molecule has 0 bridgehead atoms. The van der Waals surface area contributed by atoms with Crippen molar-refractivity contribution >= 4 is 18.2 Å². The lowest BCUT2D eigenvalue weighted by atomic mass is 10.1. The van der Waals surface area contributed by atoms with E-state index < -0.39 is 18.0 Å². The highest BCUT2D eigenvalue weighted by molar-refractivity contribution is 5.77. The Morgan fingerprint density at radius 2 is 2.16 bits per heavy atom. The van der Waals surface area contributed by atoms with E-state index in [2.05, 4.69) is 9.73 Å². The van der Waals surface area contributed by atoms with Crippen molar-refractivity contribution in [2.45, 2.75) is 32.2 Å². The van der Waals surface area contributed by atoms with Crippen LogP contribution in [0, 0.1) is 0 Å². The quantitative estimate of drug-likeness (QED) is 0.214. The number of carbonyl (C=O) groups excluding carboxylic acids is 2. The maximum Gasteiger partial charge on any atom is 0.323 e. The molecule has 0 aliphatic carbocycles. The molecule has 0 aliphatic rings. The van der Waals surface area contributed by atoms with Crippen LogP contribution >= 0.6 is 0 Å². The van der Waals surface area contributed by atoms with Gasteiger partial charge in [0.2, 0.25) is 0 Å². The number of esters is 2. The van der Waals surface area contributed by atoms with Crippen molar-refractivity contribution in [1.82, 2.24) is 5.48 Å². The average Bonchev–Trinajstić information content (AvgIpc) is 2.37. The van der Waals surface area contributed by atoms with Crippen molar-refractivity contribution in [3.05, 3.63) is 0 Å². The van der Waals surface area contributed by atoms with Gasteiger partial charge in [-0.1, -0.05) is 0 Å². The normalized spacial score (nSPS) is 12.4. The Morgan fingerprint density at radius 3 is 2.79 bits per heavy atom. The predicted molar refractivity (Wildman–Crippen MR) is 67.7 cm³/mol. The van der Waals surface area contributed by atoms with Gasteiger partial charge in [-0.3, -0.25) is 14.6 Å². The van der Waals surface area contributed by atoms with Gasteiger partial charge in [0.1, 0.15) is 12.6 Å². The Kier molecular flexibility index (Phi) is 10.7. The molecule has 0 aromatic rings. The molecular weight excluding hydrogens is 254 g/mol. The first-order valence-electron chi connectivity index (χ1n) is 5.98. The fourth-order valence-electron chi connectivity index (χ4n) is 1.15. The number of nitrogens with one attached hydrogen (secondary N) is 1. The number of rotatable bonds is 10. The van der Waals surface area contributed by atoms with E-state index in [1.165, 1.54) is 13.1 Å². The van der Waals surface area contributed by atoms with E-state index in [0.717, 1.165) is 6.42 Å². The minimum absolute atomic E-state index is 0.00794. The molecule has 110 valence electrons. The molecule has 0 fully saturated rings. The summed E-state index contributed by atoms with van der Waals surface area (Å²) in [6, 6.07) is -0.680. The maximum atomic E-state index is 11.4. The summed E-state index contributed by atoms with van der Waals surface area (Å²) in [5, 5.41) is 8.34. The summed E-state index contributed by atoms with van der Waals surface area (Å²) >= 11 is 0. The number of aliphatic imine (C=N–C) groups is 1. The smallest absolute Gasteiger partial charge is 0.323 e. The molecule has 1 atom stereocenters. The number of unbranched alkanes of at least 4 members (excludes halogenated alkanes) is 1. The van der Waals surface area contributed by atoms with Crippen LogP contribution in [-0.2, 0) is 19.1 Å². The minimum atomic E-state index is -0.680. The maximum absolute atomic E-state index is 11.4. The van der Waals surface area contributed by atoms with Crippen LogP contribution in [0.2, 0.25) is 0 Å². The average molecular weight is 275 g/mol. The molecule has 0 spiro atoms. The van der Waals surface area contributed by atoms with Crippen molar-refractivity contribution < 1.29 is 24.3 Å². The summed E-state index contributed by atoms with van der Waals surface area (Å²) in [6.07, 6.45) is 3.26. The molecule has 19 heavy (non-hydrogen) atoms. The monoisotopic (exact) mass is 275 g/mol. The van der Waals surface area contributed by atoms with Crippen LogP contribution in [0.4, 0.5) is 0 Å². The summed E-state index contributed by atoms with van der Waals surface area (Å²) in [6.45, 7) is 1.64. The first-order chi connectivity index (χ1) is 9.07. The lowest BCUT2D eigenvalue weighted by molar-refractivity contribution is -0.144. The van der Waals surface area contributed by atoms with E-state index in [4.69, 9.17) is 15.7 Å². The zero-order valence-electron chi connectivity index (χ0n) is 11.0. The van der Waals surface area contributed by atoms with Gasteiger partial charge in [-0.2, -0.15) is 0 Å². The SMILES string of the molecule is CC(=O)OCN=CCOC(=O)[C@@H](N)CCCCNO. The second-order valence-corrected chi connectivity index (χ2v) is 3.77. The van der Waals surface area contributed by atoms with Crippen LogP contribution < -0.4 is 11.2 Å². The van der Waals surface area contributed by atoms with Gasteiger partial charge >= 0.3 is 11.9 Å². The highest BCUT2D eigenvalue weighted by atomic mass is 16.5. The van der Waals surface area contributed by atoms with E-state index in [9.17, 15) is 9.59 Å². The first-order valence-corrected chi connectivity index (χ1v) is 5.98. The Morgan fingerprint density at radius 1 is 1.42 bits per heavy atom. The zero-order chi connectivity index (χ0) is 14.5. The summed E-state index contributed by atoms with van der Waals surface area (Å²) in [5.74, 6) is -0.926. The summed E-state index contributed by atoms with van der Waals surface area (Å²) in [4.78, 5) is 25.5. The number of ether oxygens (including phenoxy) is 2. The van der Waals surface area contributed by atoms with Crippen LogP contribution in [-0.4, -0.2) is 49.3 Å². The van der Waals surface area contributed by atoms with Crippen molar-refractivity contribution in [2.24, 2.45) is 10.7 Å². The molecule has 0 amide bonds. The molecule has 0 aliphatic heterocycles. The van der Waals surface area contributed by atoms with Gasteiger partial charge in [0.15, 0.2) is 6.73 Å². The molecule has 8 nitrogen and oxygen atoms in total. The van der Waals surface area contributed by atoms with E-state index in [1.807, 2.05) is 5.48 Å². The largest absolute Gasteiger partial charge is 0.459 e. The van der Waals surface area contributed by atoms with Crippen molar-refractivity contribution in [3.63, 3.8) is 0 Å². The van der Waals surface area contributed by atoms with E-state index in [-0.39, 0.29) is 13.3 Å². The molecule has 0 saturated heterocycles. The highest BCUT2D eigenvalue weighted by Gasteiger charge is 2.13. The van der Waals surface area contributed by atoms with Crippen LogP contribution in [0.5, 0.6) is 0 Å². The third-order valence-corrected chi connectivity index (χ3v) is 2.13. The Bertz CT molecular complexity index is 296. The number of nitrogens with two attached hydrogens (primary N) is 1. The van der Waals surface area contributed by atoms with E-state index >= 15 is 0 Å². The lowest BCUT2D eigenvalue weighted by Crippen LogP contribution is -2.32. The number of carbonyl (C=O) groups is 2. The minimum Gasteiger partial charge on any atom is -0.459 e. The second-order valence-electron chi connectivity index (χ2n) is 3.77.